The molecule has 0 aliphatic heterocycles. The number of halogens is 2. The van der Waals surface area contributed by atoms with Gasteiger partial charge in [0.2, 0.25) is 0 Å². The van der Waals surface area contributed by atoms with Crippen molar-refractivity contribution in [2.24, 2.45) is 0 Å². The molecule has 1 aliphatic carbocycles. The molecule has 0 atom stereocenters. The second-order valence-corrected chi connectivity index (χ2v) is 5.82. The zero-order valence-corrected chi connectivity index (χ0v) is 12.8. The Morgan fingerprint density at radius 3 is 2.84 bits per heavy atom. The van der Waals surface area contributed by atoms with Crippen molar-refractivity contribution in [3.8, 4) is 11.4 Å². The van der Waals surface area contributed by atoms with E-state index in [1.807, 2.05) is 25.2 Å². The molecule has 0 spiro atoms. The molecular formula is C14H13BrClN3. The van der Waals surface area contributed by atoms with Crippen LogP contribution in [0, 0.1) is 0 Å². The Bertz CT molecular complexity index is 643. The highest BCUT2D eigenvalue weighted by Gasteiger charge is 2.19. The van der Waals surface area contributed by atoms with Gasteiger partial charge in [0.15, 0.2) is 5.82 Å². The lowest BCUT2D eigenvalue weighted by atomic mass is 10.2. The van der Waals surface area contributed by atoms with Crippen LogP contribution in [0.5, 0.6) is 0 Å². The van der Waals surface area contributed by atoms with Gasteiger partial charge >= 0.3 is 0 Å². The van der Waals surface area contributed by atoms with Crippen LogP contribution in [-0.4, -0.2) is 17.0 Å². The number of hydrogen-bond acceptors (Lipinski definition) is 3. The molecule has 2 aromatic rings. The Balaban J connectivity index is 2.12. The standard InChI is InChI=1S/C14H13BrClN3/c1-17-14-9-3-2-4-12(9)18-13(19-14)8-5-6-10(15)11(16)7-8/h5-7H,2-4H2,1H3,(H,17,18,19). The Morgan fingerprint density at radius 2 is 2.11 bits per heavy atom. The summed E-state index contributed by atoms with van der Waals surface area (Å²) in [5.41, 5.74) is 3.36. The van der Waals surface area contributed by atoms with Gasteiger partial charge in [0.05, 0.1) is 5.02 Å². The number of benzene rings is 1. The Hall–Kier alpha value is -1.13. The topological polar surface area (TPSA) is 37.8 Å². The van der Waals surface area contributed by atoms with Crippen molar-refractivity contribution in [2.75, 3.05) is 12.4 Å². The lowest BCUT2D eigenvalue weighted by Gasteiger charge is -2.10. The number of rotatable bonds is 2. The Morgan fingerprint density at radius 1 is 1.26 bits per heavy atom. The predicted molar refractivity (Wildman–Crippen MR) is 81.7 cm³/mol. The van der Waals surface area contributed by atoms with Gasteiger partial charge in [0, 0.05) is 28.3 Å². The van der Waals surface area contributed by atoms with Crippen molar-refractivity contribution < 1.29 is 0 Å². The summed E-state index contributed by atoms with van der Waals surface area (Å²) in [5.74, 6) is 1.68. The fourth-order valence-corrected chi connectivity index (χ4v) is 2.83. The number of hydrogen-bond donors (Lipinski definition) is 1. The van der Waals surface area contributed by atoms with E-state index in [1.165, 1.54) is 5.56 Å². The van der Waals surface area contributed by atoms with E-state index >= 15 is 0 Å². The number of aryl methyl sites for hydroxylation is 1. The van der Waals surface area contributed by atoms with E-state index in [-0.39, 0.29) is 0 Å². The molecule has 98 valence electrons. The minimum Gasteiger partial charge on any atom is -0.373 e. The van der Waals surface area contributed by atoms with E-state index in [9.17, 15) is 0 Å². The molecule has 0 unspecified atom stereocenters. The molecular weight excluding hydrogens is 326 g/mol. The summed E-state index contributed by atoms with van der Waals surface area (Å²) >= 11 is 9.53. The van der Waals surface area contributed by atoms with Crippen LogP contribution in [0.4, 0.5) is 5.82 Å². The van der Waals surface area contributed by atoms with Crippen molar-refractivity contribution in [1.29, 1.82) is 0 Å². The van der Waals surface area contributed by atoms with Crippen LogP contribution in [0.1, 0.15) is 17.7 Å². The summed E-state index contributed by atoms with van der Waals surface area (Å²) < 4.78 is 0.882. The van der Waals surface area contributed by atoms with Crippen LogP contribution in [0.2, 0.25) is 5.02 Å². The van der Waals surface area contributed by atoms with Gasteiger partial charge in [-0.15, -0.1) is 0 Å². The molecule has 19 heavy (non-hydrogen) atoms. The first-order chi connectivity index (χ1) is 9.19. The maximum Gasteiger partial charge on any atom is 0.161 e. The van der Waals surface area contributed by atoms with E-state index in [0.717, 1.165) is 46.6 Å². The summed E-state index contributed by atoms with van der Waals surface area (Å²) in [4.78, 5) is 9.29. The zero-order valence-electron chi connectivity index (χ0n) is 10.5. The van der Waals surface area contributed by atoms with Crippen LogP contribution < -0.4 is 5.32 Å². The van der Waals surface area contributed by atoms with E-state index in [0.29, 0.717) is 5.02 Å². The van der Waals surface area contributed by atoms with E-state index in [4.69, 9.17) is 11.6 Å². The van der Waals surface area contributed by atoms with Gasteiger partial charge in [-0.2, -0.15) is 0 Å². The molecule has 0 fully saturated rings. The fourth-order valence-electron chi connectivity index (χ4n) is 2.40. The number of nitrogens with one attached hydrogen (secondary N) is 1. The Labute approximate surface area is 125 Å². The van der Waals surface area contributed by atoms with Crippen molar-refractivity contribution in [3.05, 3.63) is 39.0 Å². The summed E-state index contributed by atoms with van der Waals surface area (Å²) in [6.07, 6.45) is 3.25. The number of aromatic nitrogens is 2. The quantitative estimate of drug-likeness (QED) is 0.896. The first kappa shape index (κ1) is 12.9. The molecule has 0 saturated carbocycles. The zero-order chi connectivity index (χ0) is 13.4. The number of fused-ring (bicyclic) bond motifs is 1. The lowest BCUT2D eigenvalue weighted by Crippen LogP contribution is -2.03. The molecule has 0 saturated heterocycles. The van der Waals surface area contributed by atoms with Crippen LogP contribution in [-0.2, 0) is 12.8 Å². The van der Waals surface area contributed by atoms with Gasteiger partial charge < -0.3 is 5.32 Å². The molecule has 5 heteroatoms. The van der Waals surface area contributed by atoms with Gasteiger partial charge in [-0.3, -0.25) is 0 Å². The second kappa shape index (κ2) is 5.10. The predicted octanol–water partition coefficient (Wildman–Crippen LogP) is 4.09. The molecule has 0 radical (unpaired) electrons. The van der Waals surface area contributed by atoms with Gasteiger partial charge in [-0.05, 0) is 53.4 Å². The molecule has 0 bridgehead atoms. The van der Waals surface area contributed by atoms with E-state index in [1.54, 1.807) is 0 Å². The smallest absolute Gasteiger partial charge is 0.161 e. The van der Waals surface area contributed by atoms with Crippen molar-refractivity contribution >= 4 is 33.3 Å². The minimum absolute atomic E-state index is 0.674. The lowest BCUT2D eigenvalue weighted by molar-refractivity contribution is 0.900. The molecule has 1 aliphatic rings. The van der Waals surface area contributed by atoms with Gasteiger partial charge in [0.1, 0.15) is 5.82 Å². The molecule has 0 amide bonds. The van der Waals surface area contributed by atoms with Gasteiger partial charge in [-0.25, -0.2) is 9.97 Å². The second-order valence-electron chi connectivity index (χ2n) is 4.55. The highest BCUT2D eigenvalue weighted by molar-refractivity contribution is 9.10. The van der Waals surface area contributed by atoms with Crippen LogP contribution in [0.15, 0.2) is 22.7 Å². The van der Waals surface area contributed by atoms with E-state index < -0.39 is 0 Å². The third-order valence-electron chi connectivity index (χ3n) is 3.35. The van der Waals surface area contributed by atoms with Gasteiger partial charge in [0.25, 0.3) is 0 Å². The summed E-state index contributed by atoms with van der Waals surface area (Å²) in [7, 11) is 1.90. The highest BCUT2D eigenvalue weighted by atomic mass is 79.9. The minimum atomic E-state index is 0.674. The monoisotopic (exact) mass is 337 g/mol. The first-order valence-corrected chi connectivity index (χ1v) is 7.39. The maximum absolute atomic E-state index is 6.14. The average Bonchev–Trinajstić information content (AvgIpc) is 2.89. The number of nitrogens with zero attached hydrogens (tertiary/aromatic N) is 2. The molecule has 3 nitrogen and oxygen atoms in total. The largest absolute Gasteiger partial charge is 0.373 e. The van der Waals surface area contributed by atoms with Crippen molar-refractivity contribution in [1.82, 2.24) is 9.97 Å². The molecule has 1 N–H and O–H groups in total. The average molecular weight is 339 g/mol. The highest BCUT2D eigenvalue weighted by Crippen LogP contribution is 2.31. The SMILES string of the molecule is CNc1nc(-c2ccc(Br)c(Cl)c2)nc2c1CCC2. The van der Waals surface area contributed by atoms with Crippen molar-refractivity contribution in [3.63, 3.8) is 0 Å². The Kier molecular flexibility index (Phi) is 3.46. The summed E-state index contributed by atoms with van der Waals surface area (Å²) in [6, 6.07) is 5.79. The maximum atomic E-state index is 6.14. The van der Waals surface area contributed by atoms with Gasteiger partial charge in [-0.1, -0.05) is 11.6 Å². The number of anilines is 1. The third kappa shape index (κ3) is 2.35. The first-order valence-electron chi connectivity index (χ1n) is 6.22. The molecule has 1 aromatic heterocycles. The third-order valence-corrected chi connectivity index (χ3v) is 4.58. The molecule has 1 aromatic carbocycles. The molecule has 1 heterocycles. The summed E-state index contributed by atoms with van der Waals surface area (Å²) in [6.45, 7) is 0. The summed E-state index contributed by atoms with van der Waals surface area (Å²) in [5, 5.41) is 3.84. The van der Waals surface area contributed by atoms with E-state index in [2.05, 4.69) is 31.2 Å². The van der Waals surface area contributed by atoms with Crippen molar-refractivity contribution in [2.45, 2.75) is 19.3 Å². The molecule has 3 rings (SSSR count). The fraction of sp³-hybridized carbons (Fsp3) is 0.286. The normalized spacial score (nSPS) is 13.4. The van der Waals surface area contributed by atoms with Crippen LogP contribution >= 0.6 is 27.5 Å². The van der Waals surface area contributed by atoms with Crippen LogP contribution in [0.25, 0.3) is 11.4 Å². The van der Waals surface area contributed by atoms with Crippen LogP contribution in [0.3, 0.4) is 0 Å².